The SMILES string of the molecule is C=Cc1ccc(CNC(=O)/C=C/C(=O)[O][Sn]([CH2]CCC)([CH2]CCC)[O]C(=O)/C=C/C(=O)NCc2ccc(C=C)cc2)cc1. The van der Waals surface area contributed by atoms with Crippen molar-refractivity contribution in [2.45, 2.75) is 61.5 Å². The van der Waals surface area contributed by atoms with Crippen LogP contribution in [0.3, 0.4) is 0 Å². The Bertz CT molecular complexity index is 1200. The first-order valence-electron chi connectivity index (χ1n) is 14.5. The fourth-order valence-corrected chi connectivity index (χ4v) is 13.6. The van der Waals surface area contributed by atoms with E-state index in [1.807, 2.05) is 62.4 Å². The summed E-state index contributed by atoms with van der Waals surface area (Å²) in [6.07, 6.45) is 11.0. The van der Waals surface area contributed by atoms with Gasteiger partial charge in [-0.05, 0) is 0 Å². The third-order valence-corrected chi connectivity index (χ3v) is 16.1. The Labute approximate surface area is 259 Å². The third kappa shape index (κ3) is 13.7. The van der Waals surface area contributed by atoms with Crippen LogP contribution >= 0.6 is 0 Å². The van der Waals surface area contributed by atoms with E-state index >= 15 is 0 Å². The second-order valence-electron chi connectivity index (χ2n) is 9.95. The van der Waals surface area contributed by atoms with Gasteiger partial charge in [-0.25, -0.2) is 0 Å². The average molecular weight is 693 g/mol. The molecule has 2 rings (SSSR count). The molecule has 0 saturated carbocycles. The number of carbonyl (C=O) groups excluding carboxylic acids is 4. The molecule has 2 N–H and O–H groups in total. The molecule has 0 unspecified atom stereocenters. The predicted octanol–water partition coefficient (Wildman–Crippen LogP) is 6.15. The van der Waals surface area contributed by atoms with E-state index in [1.54, 1.807) is 12.2 Å². The van der Waals surface area contributed by atoms with Crippen molar-refractivity contribution < 1.29 is 25.3 Å². The second kappa shape index (κ2) is 19.3. The molecule has 0 aromatic heterocycles. The Kier molecular flexibility index (Phi) is 15.8. The first kappa shape index (κ1) is 35.3. The van der Waals surface area contributed by atoms with Gasteiger partial charge in [-0.15, -0.1) is 0 Å². The number of hydrogen-bond acceptors (Lipinski definition) is 6. The van der Waals surface area contributed by atoms with Gasteiger partial charge in [0.2, 0.25) is 0 Å². The first-order valence-corrected chi connectivity index (χ1v) is 20.9. The fraction of sp³-hybridized carbons (Fsp3) is 0.294. The molecule has 9 heteroatoms. The molecule has 8 nitrogen and oxygen atoms in total. The molecular formula is C34H42N2O6Sn. The summed E-state index contributed by atoms with van der Waals surface area (Å²) in [4.78, 5) is 50.3. The topological polar surface area (TPSA) is 111 Å². The quantitative estimate of drug-likeness (QED) is 0.143. The average Bonchev–Trinajstić information content (AvgIpc) is 3.03. The van der Waals surface area contributed by atoms with Crippen LogP contribution in [0.25, 0.3) is 12.2 Å². The summed E-state index contributed by atoms with van der Waals surface area (Å²) in [7, 11) is 0. The van der Waals surface area contributed by atoms with E-state index in [-0.39, 0.29) is 0 Å². The Balaban J connectivity index is 2.00. The molecule has 0 aliphatic carbocycles. The monoisotopic (exact) mass is 694 g/mol. The molecule has 2 amide bonds. The first-order chi connectivity index (χ1) is 20.7. The van der Waals surface area contributed by atoms with E-state index in [2.05, 4.69) is 23.8 Å². The molecule has 0 heterocycles. The number of hydrogen-bond donors (Lipinski definition) is 2. The van der Waals surface area contributed by atoms with Gasteiger partial charge >= 0.3 is 248 Å². The molecule has 43 heavy (non-hydrogen) atoms. The summed E-state index contributed by atoms with van der Waals surface area (Å²) in [6.45, 7) is 12.0. The van der Waals surface area contributed by atoms with Crippen molar-refractivity contribution in [1.82, 2.24) is 10.6 Å². The number of rotatable bonds is 18. The summed E-state index contributed by atoms with van der Waals surface area (Å²) in [5.74, 6) is -2.33. The molecule has 2 aromatic rings. The number of amides is 2. The van der Waals surface area contributed by atoms with Crippen LogP contribution in [0.5, 0.6) is 0 Å². The zero-order valence-electron chi connectivity index (χ0n) is 25.1. The van der Waals surface area contributed by atoms with Gasteiger partial charge in [0.1, 0.15) is 0 Å². The van der Waals surface area contributed by atoms with Crippen molar-refractivity contribution >= 4 is 55.1 Å². The number of carbonyl (C=O) groups is 4. The molecule has 0 radical (unpaired) electrons. The Morgan fingerprint density at radius 1 is 0.651 bits per heavy atom. The van der Waals surface area contributed by atoms with Crippen LogP contribution in [-0.4, -0.2) is 43.0 Å². The molecule has 0 aliphatic heterocycles. The molecule has 0 fully saturated rings. The van der Waals surface area contributed by atoms with E-state index in [4.69, 9.17) is 6.15 Å². The Morgan fingerprint density at radius 2 is 1.02 bits per heavy atom. The summed E-state index contributed by atoms with van der Waals surface area (Å²) >= 11 is -4.28. The molecule has 228 valence electrons. The van der Waals surface area contributed by atoms with Crippen LogP contribution in [0.1, 0.15) is 61.8 Å². The third-order valence-electron chi connectivity index (χ3n) is 6.50. The van der Waals surface area contributed by atoms with E-state index in [1.165, 1.54) is 0 Å². The predicted molar refractivity (Wildman–Crippen MR) is 172 cm³/mol. The van der Waals surface area contributed by atoms with Crippen molar-refractivity contribution in [1.29, 1.82) is 0 Å². The number of nitrogens with one attached hydrogen (secondary N) is 2. The van der Waals surface area contributed by atoms with Gasteiger partial charge in [-0.2, -0.15) is 0 Å². The molecule has 0 spiro atoms. The van der Waals surface area contributed by atoms with Crippen molar-refractivity contribution in [3.05, 3.63) is 108 Å². The second-order valence-corrected chi connectivity index (χ2v) is 19.2. The van der Waals surface area contributed by atoms with Crippen LogP contribution in [-0.2, 0) is 38.4 Å². The maximum atomic E-state index is 12.8. The molecular weight excluding hydrogens is 651 g/mol. The van der Waals surface area contributed by atoms with Crippen LogP contribution in [0.15, 0.2) is 86.0 Å². The molecule has 2 aromatic carbocycles. The van der Waals surface area contributed by atoms with Crippen molar-refractivity contribution in [2.75, 3.05) is 0 Å². The summed E-state index contributed by atoms with van der Waals surface area (Å²) in [6, 6.07) is 15.1. The zero-order chi connectivity index (χ0) is 31.5. The number of unbranched alkanes of at least 4 members (excludes halogenated alkanes) is 2. The molecule has 0 atom stereocenters. The molecule has 0 bridgehead atoms. The van der Waals surface area contributed by atoms with E-state index in [9.17, 15) is 19.2 Å². The fourth-order valence-electron chi connectivity index (χ4n) is 4.00. The Hall–Kier alpha value is -3.92. The molecule has 0 aliphatic rings. The van der Waals surface area contributed by atoms with E-state index in [0.717, 1.165) is 72.2 Å². The van der Waals surface area contributed by atoms with Gasteiger partial charge in [0.05, 0.1) is 0 Å². The van der Waals surface area contributed by atoms with Gasteiger partial charge in [0.25, 0.3) is 0 Å². The van der Waals surface area contributed by atoms with E-state index in [0.29, 0.717) is 22.0 Å². The minimum atomic E-state index is -4.28. The van der Waals surface area contributed by atoms with Gasteiger partial charge in [0.15, 0.2) is 0 Å². The minimum absolute atomic E-state index is 0.297. The molecule has 0 saturated heterocycles. The van der Waals surface area contributed by atoms with Crippen molar-refractivity contribution in [3.63, 3.8) is 0 Å². The van der Waals surface area contributed by atoms with Gasteiger partial charge in [-0.1, -0.05) is 13.2 Å². The summed E-state index contributed by atoms with van der Waals surface area (Å²) in [5.41, 5.74) is 3.76. The Morgan fingerprint density at radius 3 is 1.35 bits per heavy atom. The van der Waals surface area contributed by atoms with Crippen LogP contribution in [0.4, 0.5) is 0 Å². The summed E-state index contributed by atoms with van der Waals surface area (Å²) < 4.78 is 12.8. The van der Waals surface area contributed by atoms with Crippen LogP contribution in [0.2, 0.25) is 8.87 Å². The van der Waals surface area contributed by atoms with Gasteiger partial charge in [-0.3, -0.25) is 0 Å². The zero-order valence-corrected chi connectivity index (χ0v) is 28.0. The van der Waals surface area contributed by atoms with Crippen molar-refractivity contribution in [2.24, 2.45) is 0 Å². The standard InChI is InChI=1S/2C13H13NO3.2C4H9.Sn/c2*1-2-10-3-5-11(6-4-10)9-14-12(15)7-8-13(16)17;2*1-3-4-2;/h2*2-8H,1,9H2,(H,14,15)(H,16,17);2*1,3-4H2,2H3;/q;;;;+2/p-2/b2*8-7+;;;. The van der Waals surface area contributed by atoms with Crippen LogP contribution < -0.4 is 10.6 Å². The van der Waals surface area contributed by atoms with E-state index < -0.39 is 43.0 Å². The summed E-state index contributed by atoms with van der Waals surface area (Å²) in [5, 5.41) is 5.46. The number of benzene rings is 2. The normalized spacial score (nSPS) is 11.2. The van der Waals surface area contributed by atoms with Gasteiger partial charge in [0, 0.05) is 0 Å². The van der Waals surface area contributed by atoms with Crippen molar-refractivity contribution in [3.8, 4) is 0 Å². The van der Waals surface area contributed by atoms with Crippen LogP contribution in [0, 0.1) is 0 Å². The maximum absolute atomic E-state index is 12.8. The van der Waals surface area contributed by atoms with Gasteiger partial charge < -0.3 is 0 Å².